The SMILES string of the molecule is C[n+]1c(-c2cccc(C(=O)O)c2)c2cc(N)ccc2c2ccc(N)cc21.[Cl-]. The third kappa shape index (κ3) is 3.02. The molecular formula is C21H18ClN3O2. The number of carbonyl (C=O) groups is 1. The molecule has 0 aliphatic heterocycles. The average molecular weight is 380 g/mol. The van der Waals surface area contributed by atoms with E-state index in [0.717, 1.165) is 32.9 Å². The van der Waals surface area contributed by atoms with Crippen molar-refractivity contribution in [2.24, 2.45) is 7.05 Å². The standard InChI is InChI=1S/C21H17N3O2.ClH/c1-24-19-11-15(23)6-8-17(19)16-7-5-14(22)10-18(16)20(24)12-3-2-4-13(9-12)21(25)26;/h2-11,23H,22H2,1H3,(H,25,26);1H. The van der Waals surface area contributed by atoms with Gasteiger partial charge in [-0.1, -0.05) is 12.1 Å². The lowest BCUT2D eigenvalue weighted by Gasteiger charge is -2.11. The van der Waals surface area contributed by atoms with Crippen molar-refractivity contribution in [2.45, 2.75) is 0 Å². The smallest absolute Gasteiger partial charge is 0.335 e. The van der Waals surface area contributed by atoms with E-state index in [1.54, 1.807) is 18.2 Å². The Morgan fingerprint density at radius 3 is 2.26 bits per heavy atom. The van der Waals surface area contributed by atoms with Crippen LogP contribution in [0.5, 0.6) is 0 Å². The Balaban J connectivity index is 0.00000210. The van der Waals surface area contributed by atoms with E-state index in [1.165, 1.54) is 0 Å². The van der Waals surface area contributed by atoms with Gasteiger partial charge in [0.1, 0.15) is 7.05 Å². The molecule has 0 atom stereocenters. The first-order valence-corrected chi connectivity index (χ1v) is 8.20. The second-order valence-corrected chi connectivity index (χ2v) is 6.38. The van der Waals surface area contributed by atoms with Gasteiger partial charge in [0.15, 0.2) is 0 Å². The molecule has 1 aromatic heterocycles. The van der Waals surface area contributed by atoms with Gasteiger partial charge in [-0.3, -0.25) is 0 Å². The second kappa shape index (κ2) is 6.78. The van der Waals surface area contributed by atoms with Crippen molar-refractivity contribution in [1.82, 2.24) is 0 Å². The quantitative estimate of drug-likeness (QED) is 0.266. The lowest BCUT2D eigenvalue weighted by molar-refractivity contribution is -0.632. The zero-order valence-electron chi connectivity index (χ0n) is 14.6. The summed E-state index contributed by atoms with van der Waals surface area (Å²) in [6.45, 7) is 0. The fourth-order valence-corrected chi connectivity index (χ4v) is 3.50. The molecule has 0 radical (unpaired) electrons. The molecule has 136 valence electrons. The number of hydrogen-bond donors (Lipinski definition) is 3. The van der Waals surface area contributed by atoms with Gasteiger partial charge in [-0.05, 0) is 42.5 Å². The maximum absolute atomic E-state index is 11.4. The summed E-state index contributed by atoms with van der Waals surface area (Å²) in [5, 5.41) is 12.4. The van der Waals surface area contributed by atoms with Gasteiger partial charge in [0.05, 0.1) is 16.3 Å². The van der Waals surface area contributed by atoms with Gasteiger partial charge in [-0.15, -0.1) is 0 Å². The molecule has 0 spiro atoms. The van der Waals surface area contributed by atoms with Crippen molar-refractivity contribution in [3.8, 4) is 11.3 Å². The van der Waals surface area contributed by atoms with Crippen molar-refractivity contribution in [3.05, 3.63) is 66.2 Å². The van der Waals surface area contributed by atoms with Crippen LogP contribution in [0.15, 0.2) is 60.7 Å². The van der Waals surface area contributed by atoms with Gasteiger partial charge in [-0.2, -0.15) is 4.57 Å². The lowest BCUT2D eigenvalue weighted by atomic mass is 9.97. The first-order chi connectivity index (χ1) is 12.5. The fourth-order valence-electron chi connectivity index (χ4n) is 3.50. The van der Waals surface area contributed by atoms with E-state index in [-0.39, 0.29) is 18.0 Å². The van der Waals surface area contributed by atoms with E-state index in [2.05, 4.69) is 0 Å². The van der Waals surface area contributed by atoms with E-state index < -0.39 is 5.97 Å². The largest absolute Gasteiger partial charge is 1.00 e. The van der Waals surface area contributed by atoms with Crippen LogP contribution in [0.3, 0.4) is 0 Å². The van der Waals surface area contributed by atoms with Crippen molar-refractivity contribution in [1.29, 1.82) is 0 Å². The lowest BCUT2D eigenvalue weighted by Crippen LogP contribution is -3.00. The number of halogens is 1. The predicted molar refractivity (Wildman–Crippen MR) is 104 cm³/mol. The van der Waals surface area contributed by atoms with E-state index in [0.29, 0.717) is 11.4 Å². The molecule has 4 aromatic rings. The number of carboxylic acid groups (broad SMARTS) is 1. The summed E-state index contributed by atoms with van der Waals surface area (Å²) < 4.78 is 2.04. The highest BCUT2D eigenvalue weighted by Crippen LogP contribution is 2.33. The van der Waals surface area contributed by atoms with Crippen LogP contribution >= 0.6 is 0 Å². The molecule has 0 saturated heterocycles. The third-order valence-corrected chi connectivity index (χ3v) is 4.69. The molecule has 0 bridgehead atoms. The van der Waals surface area contributed by atoms with Crippen LogP contribution in [-0.2, 0) is 7.05 Å². The molecule has 1 heterocycles. The number of fused-ring (bicyclic) bond motifs is 3. The Hall–Kier alpha value is -3.31. The van der Waals surface area contributed by atoms with Crippen molar-refractivity contribution < 1.29 is 26.9 Å². The van der Waals surface area contributed by atoms with Gasteiger partial charge in [0.2, 0.25) is 11.2 Å². The molecule has 0 aliphatic carbocycles. The first kappa shape index (κ1) is 18.5. The molecule has 5 N–H and O–H groups in total. The molecule has 5 nitrogen and oxygen atoms in total. The number of nitrogens with zero attached hydrogens (tertiary/aromatic N) is 1. The highest BCUT2D eigenvalue weighted by Gasteiger charge is 2.21. The Morgan fingerprint density at radius 1 is 0.889 bits per heavy atom. The van der Waals surface area contributed by atoms with Gasteiger partial charge >= 0.3 is 5.97 Å². The predicted octanol–water partition coefficient (Wildman–Crippen LogP) is 0.351. The number of nitrogen functional groups attached to an aromatic ring is 2. The zero-order valence-corrected chi connectivity index (χ0v) is 15.4. The number of benzene rings is 3. The molecule has 0 unspecified atom stereocenters. The highest BCUT2D eigenvalue weighted by molar-refractivity contribution is 6.10. The topological polar surface area (TPSA) is 93.2 Å². The highest BCUT2D eigenvalue weighted by atomic mass is 35.5. The molecule has 0 amide bonds. The fraction of sp³-hybridized carbons (Fsp3) is 0.0476. The van der Waals surface area contributed by atoms with Crippen LogP contribution in [0.2, 0.25) is 0 Å². The van der Waals surface area contributed by atoms with E-state index in [1.807, 2.05) is 54.1 Å². The number of hydrogen-bond acceptors (Lipinski definition) is 3. The second-order valence-electron chi connectivity index (χ2n) is 6.38. The van der Waals surface area contributed by atoms with Crippen LogP contribution < -0.4 is 28.4 Å². The minimum Gasteiger partial charge on any atom is -1.00 e. The normalized spacial score (nSPS) is 10.7. The van der Waals surface area contributed by atoms with Gasteiger partial charge < -0.3 is 29.0 Å². The number of rotatable bonds is 2. The van der Waals surface area contributed by atoms with Crippen LogP contribution in [0.25, 0.3) is 32.9 Å². The monoisotopic (exact) mass is 379 g/mol. The summed E-state index contributed by atoms with van der Waals surface area (Å²) in [5.74, 6) is -0.955. The molecule has 6 heteroatoms. The summed E-state index contributed by atoms with van der Waals surface area (Å²) in [4.78, 5) is 11.4. The zero-order chi connectivity index (χ0) is 18.4. The number of aryl methyl sites for hydroxylation is 1. The number of nitrogens with two attached hydrogens (primary N) is 2. The minimum atomic E-state index is -0.955. The van der Waals surface area contributed by atoms with Gasteiger partial charge in [0, 0.05) is 28.4 Å². The summed E-state index contributed by atoms with van der Waals surface area (Å²) in [6.07, 6.45) is 0. The third-order valence-electron chi connectivity index (χ3n) is 4.69. The number of pyridine rings is 1. The first-order valence-electron chi connectivity index (χ1n) is 8.20. The molecule has 0 fully saturated rings. The Bertz CT molecular complexity index is 1210. The molecule has 0 aliphatic rings. The Labute approximate surface area is 162 Å². The van der Waals surface area contributed by atoms with Crippen LogP contribution in [0.1, 0.15) is 10.4 Å². The van der Waals surface area contributed by atoms with E-state index >= 15 is 0 Å². The van der Waals surface area contributed by atoms with Gasteiger partial charge in [0.25, 0.3) is 0 Å². The summed E-state index contributed by atoms with van der Waals surface area (Å²) in [5.41, 5.74) is 16.3. The molecule has 4 rings (SSSR count). The summed E-state index contributed by atoms with van der Waals surface area (Å²) in [7, 11) is 1.95. The van der Waals surface area contributed by atoms with Gasteiger partial charge in [-0.25, -0.2) is 4.79 Å². The number of carboxylic acids is 1. The van der Waals surface area contributed by atoms with Crippen molar-refractivity contribution >= 4 is 39.0 Å². The number of anilines is 2. The Morgan fingerprint density at radius 2 is 1.56 bits per heavy atom. The van der Waals surface area contributed by atoms with Crippen LogP contribution in [-0.4, -0.2) is 11.1 Å². The Kier molecular flexibility index (Phi) is 4.64. The van der Waals surface area contributed by atoms with E-state index in [9.17, 15) is 9.90 Å². The van der Waals surface area contributed by atoms with Crippen molar-refractivity contribution in [3.63, 3.8) is 0 Å². The minimum absolute atomic E-state index is 0. The number of aromatic nitrogens is 1. The van der Waals surface area contributed by atoms with Crippen LogP contribution in [0, 0.1) is 0 Å². The maximum Gasteiger partial charge on any atom is 0.335 e. The summed E-state index contributed by atoms with van der Waals surface area (Å²) in [6, 6.07) is 18.5. The molecule has 3 aromatic carbocycles. The molecule has 27 heavy (non-hydrogen) atoms. The number of aromatic carboxylic acids is 1. The average Bonchev–Trinajstić information content (AvgIpc) is 2.62. The maximum atomic E-state index is 11.4. The molecule has 0 saturated carbocycles. The van der Waals surface area contributed by atoms with Crippen LogP contribution in [0.4, 0.5) is 11.4 Å². The van der Waals surface area contributed by atoms with E-state index in [4.69, 9.17) is 11.5 Å². The van der Waals surface area contributed by atoms with Crippen molar-refractivity contribution in [2.75, 3.05) is 11.5 Å². The summed E-state index contributed by atoms with van der Waals surface area (Å²) >= 11 is 0. The molecular weight excluding hydrogens is 362 g/mol.